The van der Waals surface area contributed by atoms with E-state index in [0.717, 1.165) is 37.7 Å². The molecular formula is C12H13ClIN3. The van der Waals surface area contributed by atoms with Crippen LogP contribution in [0.5, 0.6) is 0 Å². The molecule has 0 saturated heterocycles. The van der Waals surface area contributed by atoms with Crippen molar-refractivity contribution in [1.82, 2.24) is 9.78 Å². The maximum Gasteiger partial charge on any atom is 0.125 e. The Hall–Kier alpha value is -0.750. The molecule has 0 atom stereocenters. The number of hydrogen-bond donors (Lipinski definition) is 1. The van der Waals surface area contributed by atoms with Crippen LogP contribution in [-0.2, 0) is 13.5 Å². The molecule has 1 heterocycles. The van der Waals surface area contributed by atoms with E-state index in [1.54, 1.807) is 4.68 Å². The van der Waals surface area contributed by atoms with E-state index < -0.39 is 0 Å². The molecule has 0 aliphatic rings. The number of benzene rings is 1. The number of nitrogen functional groups attached to an aromatic ring is 1. The van der Waals surface area contributed by atoms with Gasteiger partial charge in [0.1, 0.15) is 5.82 Å². The van der Waals surface area contributed by atoms with E-state index in [9.17, 15) is 0 Å². The van der Waals surface area contributed by atoms with E-state index in [2.05, 4.69) is 34.6 Å². The monoisotopic (exact) mass is 361 g/mol. The molecule has 17 heavy (non-hydrogen) atoms. The van der Waals surface area contributed by atoms with E-state index in [-0.39, 0.29) is 0 Å². The number of hydrogen-bond acceptors (Lipinski definition) is 2. The Bertz CT molecular complexity index is 563. The van der Waals surface area contributed by atoms with Crippen molar-refractivity contribution >= 4 is 40.0 Å². The molecule has 0 aliphatic heterocycles. The first-order valence-electron chi connectivity index (χ1n) is 5.31. The topological polar surface area (TPSA) is 43.8 Å². The molecule has 0 radical (unpaired) electrons. The zero-order chi connectivity index (χ0) is 12.6. The largest absolute Gasteiger partial charge is 0.384 e. The number of halogens is 2. The summed E-state index contributed by atoms with van der Waals surface area (Å²) in [4.78, 5) is 0. The highest BCUT2D eigenvalue weighted by atomic mass is 127. The Morgan fingerprint density at radius 3 is 2.76 bits per heavy atom. The second-order valence-electron chi connectivity index (χ2n) is 3.82. The molecule has 0 unspecified atom stereocenters. The van der Waals surface area contributed by atoms with Gasteiger partial charge in [-0.2, -0.15) is 5.10 Å². The lowest BCUT2D eigenvalue weighted by Crippen LogP contribution is -1.98. The van der Waals surface area contributed by atoms with Crippen LogP contribution in [0, 0.1) is 3.57 Å². The Balaban J connectivity index is 2.60. The Morgan fingerprint density at radius 1 is 1.47 bits per heavy atom. The molecular weight excluding hydrogens is 349 g/mol. The average molecular weight is 362 g/mol. The standard InChI is InChI=1S/C12H13ClIN3/c1-3-8-11(16-17(2)12(8)15)7-4-5-10(14)9(13)6-7/h4-6H,3,15H2,1-2H3. The normalized spacial score (nSPS) is 10.8. The molecule has 0 fully saturated rings. The van der Waals surface area contributed by atoms with E-state index in [1.165, 1.54) is 0 Å². The summed E-state index contributed by atoms with van der Waals surface area (Å²) in [6.07, 6.45) is 0.860. The van der Waals surface area contributed by atoms with Gasteiger partial charge in [0, 0.05) is 21.7 Å². The highest BCUT2D eigenvalue weighted by molar-refractivity contribution is 14.1. The lowest BCUT2D eigenvalue weighted by Gasteiger charge is -2.02. The predicted octanol–water partition coefficient (Wildman–Crippen LogP) is 3.49. The Kier molecular flexibility index (Phi) is 3.63. The molecule has 90 valence electrons. The summed E-state index contributed by atoms with van der Waals surface area (Å²) in [7, 11) is 1.85. The molecule has 2 aromatic rings. The summed E-state index contributed by atoms with van der Waals surface area (Å²) >= 11 is 8.34. The zero-order valence-electron chi connectivity index (χ0n) is 9.67. The molecule has 1 aromatic heterocycles. The minimum absolute atomic E-state index is 0.720. The molecule has 0 amide bonds. The third-order valence-electron chi connectivity index (χ3n) is 2.74. The van der Waals surface area contributed by atoms with Gasteiger partial charge in [0.2, 0.25) is 0 Å². The number of rotatable bonds is 2. The summed E-state index contributed by atoms with van der Waals surface area (Å²) in [6.45, 7) is 2.07. The van der Waals surface area contributed by atoms with Gasteiger partial charge in [-0.25, -0.2) is 0 Å². The number of aromatic nitrogens is 2. The summed E-state index contributed by atoms with van der Waals surface area (Å²) in [5.41, 5.74) is 8.99. The van der Waals surface area contributed by atoms with Gasteiger partial charge in [-0.05, 0) is 41.1 Å². The van der Waals surface area contributed by atoms with Crippen LogP contribution < -0.4 is 5.73 Å². The molecule has 0 spiro atoms. The van der Waals surface area contributed by atoms with Crippen LogP contribution in [0.1, 0.15) is 12.5 Å². The number of nitrogens with zero attached hydrogens (tertiary/aromatic N) is 2. The summed E-state index contributed by atoms with van der Waals surface area (Å²) in [5.74, 6) is 0.720. The summed E-state index contributed by atoms with van der Waals surface area (Å²) < 4.78 is 2.75. The molecule has 5 heteroatoms. The first-order chi connectivity index (χ1) is 8.04. The van der Waals surface area contributed by atoms with Gasteiger partial charge < -0.3 is 5.73 Å². The van der Waals surface area contributed by atoms with Crippen molar-refractivity contribution in [3.05, 3.63) is 32.4 Å². The molecule has 2 rings (SSSR count). The van der Waals surface area contributed by atoms with E-state index in [1.807, 2.05) is 25.2 Å². The average Bonchev–Trinajstić information content (AvgIpc) is 2.59. The van der Waals surface area contributed by atoms with E-state index in [4.69, 9.17) is 17.3 Å². The third kappa shape index (κ3) is 2.28. The van der Waals surface area contributed by atoms with Gasteiger partial charge >= 0.3 is 0 Å². The van der Waals surface area contributed by atoms with Crippen molar-refractivity contribution < 1.29 is 0 Å². The SMILES string of the molecule is CCc1c(-c2ccc(I)c(Cl)c2)nn(C)c1N. The molecule has 0 bridgehead atoms. The zero-order valence-corrected chi connectivity index (χ0v) is 12.6. The van der Waals surface area contributed by atoms with Gasteiger partial charge in [-0.3, -0.25) is 4.68 Å². The van der Waals surface area contributed by atoms with Crippen LogP contribution >= 0.6 is 34.2 Å². The van der Waals surface area contributed by atoms with Crippen molar-refractivity contribution in [1.29, 1.82) is 0 Å². The quantitative estimate of drug-likeness (QED) is 0.832. The molecule has 3 nitrogen and oxygen atoms in total. The van der Waals surface area contributed by atoms with E-state index >= 15 is 0 Å². The van der Waals surface area contributed by atoms with Crippen LogP contribution in [0.15, 0.2) is 18.2 Å². The van der Waals surface area contributed by atoms with E-state index in [0.29, 0.717) is 0 Å². The Morgan fingerprint density at radius 2 is 2.18 bits per heavy atom. The smallest absolute Gasteiger partial charge is 0.125 e. The van der Waals surface area contributed by atoms with Crippen molar-refractivity contribution in [2.24, 2.45) is 7.05 Å². The number of aryl methyl sites for hydroxylation is 1. The maximum atomic E-state index is 6.13. The van der Waals surface area contributed by atoms with Gasteiger partial charge in [-0.15, -0.1) is 0 Å². The minimum atomic E-state index is 0.720. The summed E-state index contributed by atoms with van der Waals surface area (Å²) in [5, 5.41) is 5.20. The molecule has 1 aromatic carbocycles. The maximum absolute atomic E-state index is 6.13. The van der Waals surface area contributed by atoms with Gasteiger partial charge in [-0.1, -0.05) is 24.6 Å². The fraction of sp³-hybridized carbons (Fsp3) is 0.250. The van der Waals surface area contributed by atoms with Crippen LogP contribution in [0.3, 0.4) is 0 Å². The number of nitrogens with two attached hydrogens (primary N) is 1. The van der Waals surface area contributed by atoms with Gasteiger partial charge in [0.15, 0.2) is 0 Å². The van der Waals surface area contributed by atoms with Gasteiger partial charge in [0.25, 0.3) is 0 Å². The predicted molar refractivity (Wildman–Crippen MR) is 80.2 cm³/mol. The second kappa shape index (κ2) is 4.86. The minimum Gasteiger partial charge on any atom is -0.384 e. The second-order valence-corrected chi connectivity index (χ2v) is 5.39. The van der Waals surface area contributed by atoms with Crippen molar-refractivity contribution in [3.8, 4) is 11.3 Å². The van der Waals surface area contributed by atoms with Crippen LogP contribution in [0.25, 0.3) is 11.3 Å². The molecule has 0 saturated carbocycles. The fourth-order valence-electron chi connectivity index (χ4n) is 1.80. The fourth-order valence-corrected chi connectivity index (χ4v) is 2.32. The van der Waals surface area contributed by atoms with Crippen molar-refractivity contribution in [2.75, 3.05) is 5.73 Å². The van der Waals surface area contributed by atoms with Crippen LogP contribution in [-0.4, -0.2) is 9.78 Å². The third-order valence-corrected chi connectivity index (χ3v) is 4.31. The van der Waals surface area contributed by atoms with Crippen LogP contribution in [0.4, 0.5) is 5.82 Å². The highest BCUT2D eigenvalue weighted by Crippen LogP contribution is 2.30. The summed E-state index contributed by atoms with van der Waals surface area (Å²) in [6, 6.07) is 5.95. The lowest BCUT2D eigenvalue weighted by atomic mass is 10.1. The van der Waals surface area contributed by atoms with Crippen molar-refractivity contribution in [2.45, 2.75) is 13.3 Å². The first kappa shape index (κ1) is 12.7. The van der Waals surface area contributed by atoms with Gasteiger partial charge in [0.05, 0.1) is 10.7 Å². The Labute approximate surface area is 119 Å². The molecule has 2 N–H and O–H groups in total. The first-order valence-corrected chi connectivity index (χ1v) is 6.77. The lowest BCUT2D eigenvalue weighted by molar-refractivity contribution is 0.781. The number of anilines is 1. The molecule has 0 aliphatic carbocycles. The van der Waals surface area contributed by atoms with Crippen molar-refractivity contribution in [3.63, 3.8) is 0 Å². The highest BCUT2D eigenvalue weighted by Gasteiger charge is 2.14. The van der Waals surface area contributed by atoms with Crippen LogP contribution in [0.2, 0.25) is 5.02 Å².